The molecule has 0 saturated carbocycles. The molecule has 0 aliphatic heterocycles. The van der Waals surface area contributed by atoms with Crippen molar-refractivity contribution in [3.8, 4) is 0 Å². The van der Waals surface area contributed by atoms with Gasteiger partial charge in [-0.3, -0.25) is 4.57 Å². The highest BCUT2D eigenvalue weighted by molar-refractivity contribution is 9.09. The number of benzene rings is 1. The van der Waals surface area contributed by atoms with Gasteiger partial charge in [0, 0.05) is 11.9 Å². The van der Waals surface area contributed by atoms with Gasteiger partial charge in [0.05, 0.1) is 11.0 Å². The number of ether oxygens (including phenoxy) is 1. The summed E-state index contributed by atoms with van der Waals surface area (Å²) in [6, 6.07) is 7.25. The van der Waals surface area contributed by atoms with Gasteiger partial charge in [-0.05, 0) is 39.3 Å². The van der Waals surface area contributed by atoms with Crippen LogP contribution in [0, 0.1) is 0 Å². The summed E-state index contributed by atoms with van der Waals surface area (Å²) in [6.07, 6.45) is 0.170. The lowest BCUT2D eigenvalue weighted by molar-refractivity contribution is 0.0537. The van der Waals surface area contributed by atoms with Crippen molar-refractivity contribution in [2.75, 3.05) is 5.33 Å². The van der Waals surface area contributed by atoms with Gasteiger partial charge in [0.1, 0.15) is 5.60 Å². The largest absolute Gasteiger partial charge is 0.443 e. The lowest BCUT2D eigenvalue weighted by atomic mass is 10.2. The van der Waals surface area contributed by atoms with E-state index in [0.717, 1.165) is 21.8 Å². The molecular weight excluding hydrogens is 336 g/mol. The first kappa shape index (κ1) is 15.8. The second-order valence-corrected chi connectivity index (χ2v) is 6.57. The van der Waals surface area contributed by atoms with E-state index >= 15 is 0 Å². The first-order valence-electron chi connectivity index (χ1n) is 6.85. The number of nitrogens with zero attached hydrogens (tertiary/aromatic N) is 2. The first-order valence-corrected chi connectivity index (χ1v) is 7.97. The molecule has 2 rings (SSSR count). The van der Waals surface area contributed by atoms with Crippen molar-refractivity contribution in [1.29, 1.82) is 0 Å². The number of hydrogen-bond donors (Lipinski definition) is 0. The summed E-state index contributed by atoms with van der Waals surface area (Å²) in [5.41, 5.74) is 0.322. The van der Waals surface area contributed by atoms with Crippen molar-refractivity contribution in [1.82, 2.24) is 9.13 Å². The highest BCUT2D eigenvalue weighted by atomic mass is 79.9. The molecule has 21 heavy (non-hydrogen) atoms. The molecule has 0 unspecified atom stereocenters. The van der Waals surface area contributed by atoms with Gasteiger partial charge in [0.2, 0.25) is 0 Å². The van der Waals surface area contributed by atoms with Crippen LogP contribution in [-0.4, -0.2) is 26.2 Å². The van der Waals surface area contributed by atoms with Crippen molar-refractivity contribution in [2.24, 2.45) is 0 Å². The Morgan fingerprint density at radius 2 is 1.86 bits per heavy atom. The third-order valence-corrected chi connectivity index (χ3v) is 3.49. The van der Waals surface area contributed by atoms with Gasteiger partial charge in [-0.1, -0.05) is 28.1 Å². The van der Waals surface area contributed by atoms with Crippen LogP contribution in [0.25, 0.3) is 11.0 Å². The Morgan fingerprint density at radius 1 is 1.24 bits per heavy atom. The van der Waals surface area contributed by atoms with Gasteiger partial charge >= 0.3 is 11.8 Å². The summed E-state index contributed by atoms with van der Waals surface area (Å²) in [5.74, 6) is 0. The summed E-state index contributed by atoms with van der Waals surface area (Å²) >= 11 is 3.36. The molecular formula is C15H19BrN2O3. The predicted molar refractivity (Wildman–Crippen MR) is 86.2 cm³/mol. The fourth-order valence-corrected chi connectivity index (χ4v) is 2.38. The Kier molecular flexibility index (Phi) is 4.56. The second kappa shape index (κ2) is 6.05. The summed E-state index contributed by atoms with van der Waals surface area (Å²) < 4.78 is 8.05. The van der Waals surface area contributed by atoms with Crippen LogP contribution in [0.4, 0.5) is 4.79 Å². The van der Waals surface area contributed by atoms with Crippen LogP contribution in [0.2, 0.25) is 0 Å². The average molecular weight is 355 g/mol. The number of halogens is 1. The van der Waals surface area contributed by atoms with Gasteiger partial charge in [0.15, 0.2) is 0 Å². The zero-order chi connectivity index (χ0) is 15.6. The Morgan fingerprint density at radius 3 is 2.43 bits per heavy atom. The number of rotatable bonds is 3. The van der Waals surface area contributed by atoms with Crippen LogP contribution in [0.15, 0.2) is 29.1 Å². The SMILES string of the molecule is CC(C)(C)OC(=O)n1c(=O)n(CCCBr)c2ccccc21. The zero-order valence-corrected chi connectivity index (χ0v) is 14.0. The number of fused-ring (bicyclic) bond motifs is 1. The van der Waals surface area contributed by atoms with E-state index in [9.17, 15) is 9.59 Å². The molecule has 0 spiro atoms. The smallest absolute Gasteiger partial charge is 0.423 e. The number of carbonyl (C=O) groups excluding carboxylic acids is 1. The zero-order valence-electron chi connectivity index (χ0n) is 12.4. The molecule has 1 heterocycles. The van der Waals surface area contributed by atoms with Crippen molar-refractivity contribution in [3.63, 3.8) is 0 Å². The minimum absolute atomic E-state index is 0.355. The van der Waals surface area contributed by atoms with Crippen LogP contribution < -0.4 is 5.69 Å². The number of aromatic nitrogens is 2. The Bertz CT molecular complexity index is 710. The molecule has 0 amide bonds. The van der Waals surface area contributed by atoms with Crippen molar-refractivity contribution in [3.05, 3.63) is 34.7 Å². The fraction of sp³-hybridized carbons (Fsp3) is 0.467. The fourth-order valence-electron chi connectivity index (χ4n) is 2.13. The minimum atomic E-state index is -0.643. The first-order chi connectivity index (χ1) is 9.85. The summed E-state index contributed by atoms with van der Waals surface area (Å²) in [4.78, 5) is 24.8. The van der Waals surface area contributed by atoms with E-state index in [1.165, 1.54) is 0 Å². The molecule has 6 heteroatoms. The number of hydrogen-bond acceptors (Lipinski definition) is 3. The lowest BCUT2D eigenvalue weighted by Gasteiger charge is -2.19. The molecule has 0 radical (unpaired) electrons. The van der Waals surface area contributed by atoms with Crippen molar-refractivity contribution in [2.45, 2.75) is 39.3 Å². The molecule has 1 aromatic carbocycles. The maximum atomic E-state index is 12.5. The minimum Gasteiger partial charge on any atom is -0.443 e. The normalized spacial score (nSPS) is 11.8. The molecule has 1 aromatic heterocycles. The monoisotopic (exact) mass is 354 g/mol. The van der Waals surface area contributed by atoms with E-state index in [0.29, 0.717) is 12.1 Å². The highest BCUT2D eigenvalue weighted by Gasteiger charge is 2.23. The Labute approximate surface area is 131 Å². The summed E-state index contributed by atoms with van der Waals surface area (Å²) in [7, 11) is 0. The van der Waals surface area contributed by atoms with E-state index in [-0.39, 0.29) is 5.69 Å². The van der Waals surface area contributed by atoms with Gasteiger partial charge in [-0.2, -0.15) is 4.57 Å². The molecule has 0 fully saturated rings. The van der Waals surface area contributed by atoms with Crippen LogP contribution in [-0.2, 0) is 11.3 Å². The molecule has 0 aliphatic carbocycles. The predicted octanol–water partition coefficient (Wildman–Crippen LogP) is 3.37. The average Bonchev–Trinajstić information content (AvgIpc) is 2.66. The standard InChI is InChI=1S/C15H19BrN2O3/c1-15(2,3)21-14(20)18-12-8-5-4-7-11(12)17(13(18)19)10-6-9-16/h4-5,7-8H,6,9-10H2,1-3H3. The van der Waals surface area contributed by atoms with Crippen molar-refractivity contribution < 1.29 is 9.53 Å². The van der Waals surface area contributed by atoms with Gasteiger partial charge < -0.3 is 4.74 Å². The third kappa shape index (κ3) is 3.37. The molecule has 0 saturated heterocycles. The molecule has 0 atom stereocenters. The van der Waals surface area contributed by atoms with E-state index < -0.39 is 11.7 Å². The molecule has 0 bridgehead atoms. The van der Waals surface area contributed by atoms with E-state index in [4.69, 9.17) is 4.74 Å². The van der Waals surface area contributed by atoms with Crippen LogP contribution in [0.3, 0.4) is 0 Å². The van der Waals surface area contributed by atoms with E-state index in [2.05, 4.69) is 15.9 Å². The molecule has 5 nitrogen and oxygen atoms in total. The maximum Gasteiger partial charge on any atom is 0.423 e. The summed E-state index contributed by atoms with van der Waals surface area (Å²) in [5, 5.41) is 0.797. The van der Waals surface area contributed by atoms with E-state index in [1.54, 1.807) is 37.5 Å². The Hall–Kier alpha value is -1.56. The molecule has 2 aromatic rings. The lowest BCUT2D eigenvalue weighted by Crippen LogP contribution is -2.34. The summed E-state index contributed by atoms with van der Waals surface area (Å²) in [6.45, 7) is 5.89. The van der Waals surface area contributed by atoms with Crippen LogP contribution in [0.5, 0.6) is 0 Å². The maximum absolute atomic E-state index is 12.5. The van der Waals surface area contributed by atoms with Gasteiger partial charge in [-0.15, -0.1) is 0 Å². The van der Waals surface area contributed by atoms with Crippen LogP contribution >= 0.6 is 15.9 Å². The van der Waals surface area contributed by atoms with Crippen LogP contribution in [0.1, 0.15) is 27.2 Å². The molecule has 114 valence electrons. The second-order valence-electron chi connectivity index (χ2n) is 5.78. The number of para-hydroxylation sites is 2. The topological polar surface area (TPSA) is 53.2 Å². The van der Waals surface area contributed by atoms with Gasteiger partial charge in [-0.25, -0.2) is 9.59 Å². The molecule has 0 N–H and O–H groups in total. The number of carbonyl (C=O) groups is 1. The highest BCUT2D eigenvalue weighted by Crippen LogP contribution is 2.16. The number of aryl methyl sites for hydroxylation is 1. The third-order valence-electron chi connectivity index (χ3n) is 2.93. The number of imidazole rings is 1. The van der Waals surface area contributed by atoms with E-state index in [1.807, 2.05) is 12.1 Å². The molecule has 0 aliphatic rings. The quantitative estimate of drug-likeness (QED) is 0.794. The van der Waals surface area contributed by atoms with Gasteiger partial charge in [0.25, 0.3) is 0 Å². The Balaban J connectivity index is 2.56. The van der Waals surface area contributed by atoms with Crippen molar-refractivity contribution >= 4 is 33.1 Å². The number of alkyl halides is 1.